The van der Waals surface area contributed by atoms with Gasteiger partial charge in [-0.3, -0.25) is 9.59 Å². The van der Waals surface area contributed by atoms with E-state index in [4.69, 9.17) is 15.2 Å². The lowest BCUT2D eigenvalue weighted by Gasteiger charge is -2.16. The molecule has 0 saturated carbocycles. The Morgan fingerprint density at radius 1 is 1.33 bits per heavy atom. The highest BCUT2D eigenvalue weighted by atomic mass is 16.5. The molecule has 0 aliphatic heterocycles. The van der Waals surface area contributed by atoms with Crippen LogP contribution >= 0.6 is 0 Å². The second-order valence-electron chi connectivity index (χ2n) is 3.79. The van der Waals surface area contributed by atoms with Crippen molar-refractivity contribution in [1.82, 2.24) is 10.2 Å². The zero-order valence-electron chi connectivity index (χ0n) is 11.1. The van der Waals surface area contributed by atoms with Gasteiger partial charge in [0.15, 0.2) is 0 Å². The molecule has 106 valence electrons. The fourth-order valence-electron chi connectivity index (χ4n) is 1.16. The topological polar surface area (TPSA) is 93.9 Å². The summed E-state index contributed by atoms with van der Waals surface area (Å²) in [5.74, 6) is -0.434. The molecular weight excluding hydrogens is 238 g/mol. The fourth-order valence-corrected chi connectivity index (χ4v) is 1.16. The van der Waals surface area contributed by atoms with E-state index >= 15 is 0 Å². The van der Waals surface area contributed by atoms with Crippen LogP contribution in [0.15, 0.2) is 0 Å². The lowest BCUT2D eigenvalue weighted by atomic mass is 10.4. The van der Waals surface area contributed by atoms with Crippen LogP contribution in [0.2, 0.25) is 0 Å². The summed E-state index contributed by atoms with van der Waals surface area (Å²) in [6, 6.07) is 0. The van der Waals surface area contributed by atoms with Crippen molar-refractivity contribution in [2.45, 2.75) is 6.42 Å². The molecule has 3 N–H and O–H groups in total. The number of carbonyl (C=O) groups is 2. The molecular formula is C11H23N3O4. The molecule has 0 heterocycles. The van der Waals surface area contributed by atoms with E-state index in [9.17, 15) is 9.59 Å². The van der Waals surface area contributed by atoms with Crippen LogP contribution in [-0.2, 0) is 19.1 Å². The molecule has 0 saturated heterocycles. The Hall–Kier alpha value is -1.18. The number of hydrogen-bond acceptors (Lipinski definition) is 5. The number of carbonyl (C=O) groups excluding carboxylic acids is 2. The summed E-state index contributed by atoms with van der Waals surface area (Å²) in [4.78, 5) is 24.3. The molecule has 0 bridgehead atoms. The summed E-state index contributed by atoms with van der Waals surface area (Å²) < 4.78 is 9.85. The smallest absolute Gasteiger partial charge is 0.248 e. The van der Waals surface area contributed by atoms with Crippen molar-refractivity contribution in [3.63, 3.8) is 0 Å². The van der Waals surface area contributed by atoms with Crippen LogP contribution in [-0.4, -0.2) is 70.3 Å². The number of nitrogens with one attached hydrogen (secondary N) is 1. The van der Waals surface area contributed by atoms with Gasteiger partial charge in [0.2, 0.25) is 11.8 Å². The molecule has 0 aromatic rings. The van der Waals surface area contributed by atoms with E-state index in [-0.39, 0.29) is 25.0 Å². The Labute approximate surface area is 108 Å². The van der Waals surface area contributed by atoms with E-state index in [2.05, 4.69) is 5.32 Å². The van der Waals surface area contributed by atoms with Crippen molar-refractivity contribution in [3.8, 4) is 0 Å². The molecule has 0 aliphatic rings. The molecule has 0 spiro atoms. The van der Waals surface area contributed by atoms with Crippen LogP contribution in [0.5, 0.6) is 0 Å². The van der Waals surface area contributed by atoms with Crippen LogP contribution in [0.4, 0.5) is 0 Å². The van der Waals surface area contributed by atoms with Gasteiger partial charge in [0.1, 0.15) is 6.61 Å². The highest BCUT2D eigenvalue weighted by Crippen LogP contribution is 1.87. The first-order chi connectivity index (χ1) is 8.61. The lowest BCUT2D eigenvalue weighted by Crippen LogP contribution is -2.40. The quantitative estimate of drug-likeness (QED) is 0.470. The molecule has 7 heteroatoms. The van der Waals surface area contributed by atoms with Gasteiger partial charge in [-0.05, 0) is 6.42 Å². The molecule has 2 amide bonds. The van der Waals surface area contributed by atoms with Crippen molar-refractivity contribution >= 4 is 11.8 Å². The summed E-state index contributed by atoms with van der Waals surface area (Å²) in [5.41, 5.74) is 5.23. The SMILES string of the molecule is COCCCNC(=O)CN(C)C(=O)COCCN. The van der Waals surface area contributed by atoms with E-state index in [1.54, 1.807) is 14.2 Å². The molecule has 0 radical (unpaired) electrons. The summed E-state index contributed by atoms with van der Waals surface area (Å²) in [6.45, 7) is 1.82. The maximum Gasteiger partial charge on any atom is 0.248 e. The Balaban J connectivity index is 3.68. The number of nitrogens with zero attached hydrogens (tertiary/aromatic N) is 1. The first-order valence-electron chi connectivity index (χ1n) is 5.89. The predicted molar refractivity (Wildman–Crippen MR) is 67.0 cm³/mol. The summed E-state index contributed by atoms with van der Waals surface area (Å²) in [7, 11) is 3.17. The molecule has 18 heavy (non-hydrogen) atoms. The average molecular weight is 261 g/mol. The van der Waals surface area contributed by atoms with Crippen LogP contribution < -0.4 is 11.1 Å². The van der Waals surface area contributed by atoms with Crippen LogP contribution in [0.3, 0.4) is 0 Å². The van der Waals surface area contributed by atoms with Crippen LogP contribution in [0.25, 0.3) is 0 Å². The first kappa shape index (κ1) is 16.8. The monoisotopic (exact) mass is 261 g/mol. The van der Waals surface area contributed by atoms with Crippen molar-refractivity contribution in [1.29, 1.82) is 0 Å². The third-order valence-electron chi connectivity index (χ3n) is 2.14. The van der Waals surface area contributed by atoms with Gasteiger partial charge in [-0.25, -0.2) is 0 Å². The van der Waals surface area contributed by atoms with Gasteiger partial charge in [0.25, 0.3) is 0 Å². The van der Waals surface area contributed by atoms with Crippen molar-refractivity contribution in [3.05, 3.63) is 0 Å². The third kappa shape index (κ3) is 8.91. The van der Waals surface area contributed by atoms with E-state index in [0.717, 1.165) is 6.42 Å². The molecule has 0 aliphatic carbocycles. The summed E-state index contributed by atoms with van der Waals surface area (Å²) >= 11 is 0. The average Bonchev–Trinajstić information content (AvgIpc) is 2.34. The molecule has 0 aromatic heterocycles. The number of hydrogen-bond donors (Lipinski definition) is 2. The fraction of sp³-hybridized carbons (Fsp3) is 0.818. The maximum absolute atomic E-state index is 11.5. The minimum atomic E-state index is -0.240. The number of ether oxygens (including phenoxy) is 2. The maximum atomic E-state index is 11.5. The minimum absolute atomic E-state index is 0.0256. The van der Waals surface area contributed by atoms with E-state index in [1.807, 2.05) is 0 Å². The Kier molecular flexibility index (Phi) is 10.2. The van der Waals surface area contributed by atoms with Gasteiger partial charge in [0, 0.05) is 33.9 Å². The molecule has 0 rings (SSSR count). The molecule has 0 atom stereocenters. The van der Waals surface area contributed by atoms with E-state index in [1.165, 1.54) is 4.90 Å². The van der Waals surface area contributed by atoms with Gasteiger partial charge in [-0.2, -0.15) is 0 Å². The summed E-state index contributed by atoms with van der Waals surface area (Å²) in [5, 5.41) is 2.70. The second-order valence-corrected chi connectivity index (χ2v) is 3.79. The number of likely N-dealkylation sites (N-methyl/N-ethyl adjacent to an activating group) is 1. The number of nitrogens with two attached hydrogens (primary N) is 1. The van der Waals surface area contributed by atoms with Crippen molar-refractivity contribution in [2.75, 3.05) is 53.6 Å². The Morgan fingerprint density at radius 2 is 2.06 bits per heavy atom. The number of rotatable bonds is 10. The van der Waals surface area contributed by atoms with Crippen molar-refractivity contribution < 1.29 is 19.1 Å². The Morgan fingerprint density at radius 3 is 2.67 bits per heavy atom. The first-order valence-corrected chi connectivity index (χ1v) is 5.89. The minimum Gasteiger partial charge on any atom is -0.385 e. The molecule has 7 nitrogen and oxygen atoms in total. The zero-order valence-corrected chi connectivity index (χ0v) is 11.1. The number of amides is 2. The zero-order chi connectivity index (χ0) is 13.8. The van der Waals surface area contributed by atoms with Crippen LogP contribution in [0.1, 0.15) is 6.42 Å². The third-order valence-corrected chi connectivity index (χ3v) is 2.14. The lowest BCUT2D eigenvalue weighted by molar-refractivity contribution is -0.138. The normalized spacial score (nSPS) is 10.2. The van der Waals surface area contributed by atoms with Gasteiger partial charge in [-0.15, -0.1) is 0 Å². The number of methoxy groups -OCH3 is 1. The molecule has 0 unspecified atom stereocenters. The van der Waals surface area contributed by atoms with E-state index < -0.39 is 0 Å². The van der Waals surface area contributed by atoms with Gasteiger partial charge >= 0.3 is 0 Å². The largest absolute Gasteiger partial charge is 0.385 e. The van der Waals surface area contributed by atoms with Crippen molar-refractivity contribution in [2.24, 2.45) is 5.73 Å². The standard InChI is InChI=1S/C11H23N3O4/c1-14(11(16)9-18-7-4-12)8-10(15)13-5-3-6-17-2/h3-9,12H2,1-2H3,(H,13,15). The molecule has 0 fully saturated rings. The van der Waals surface area contributed by atoms with E-state index in [0.29, 0.717) is 26.3 Å². The highest BCUT2D eigenvalue weighted by molar-refractivity contribution is 5.85. The van der Waals surface area contributed by atoms with Gasteiger partial charge in [-0.1, -0.05) is 0 Å². The highest BCUT2D eigenvalue weighted by Gasteiger charge is 2.12. The summed E-state index contributed by atoms with van der Waals surface area (Å²) in [6.07, 6.45) is 0.750. The predicted octanol–water partition coefficient (Wildman–Crippen LogP) is -1.43. The molecule has 0 aromatic carbocycles. The van der Waals surface area contributed by atoms with Gasteiger partial charge in [0.05, 0.1) is 13.2 Å². The Bertz CT molecular complexity index is 248. The van der Waals surface area contributed by atoms with Gasteiger partial charge < -0.3 is 25.4 Å². The second kappa shape index (κ2) is 10.9. The van der Waals surface area contributed by atoms with Crippen LogP contribution in [0, 0.1) is 0 Å².